The number of fused-ring (bicyclic) bond motifs is 1. The Balaban J connectivity index is 1.72. The van der Waals surface area contributed by atoms with E-state index in [2.05, 4.69) is 32.0 Å². The zero-order valence-corrected chi connectivity index (χ0v) is 15.7. The molecular weight excluding hydrogens is 402 g/mol. The Morgan fingerprint density at radius 1 is 1.08 bits per heavy atom. The molecule has 25 heavy (non-hydrogen) atoms. The van der Waals surface area contributed by atoms with Gasteiger partial charge in [0.15, 0.2) is 0 Å². The van der Waals surface area contributed by atoms with Gasteiger partial charge in [-0.1, -0.05) is 57.9 Å². The molecule has 0 bridgehead atoms. The van der Waals surface area contributed by atoms with Crippen LogP contribution in [-0.2, 0) is 13.0 Å². The summed E-state index contributed by atoms with van der Waals surface area (Å²) >= 11 is 10.0. The van der Waals surface area contributed by atoms with Gasteiger partial charge in [-0.25, -0.2) is 0 Å². The second kappa shape index (κ2) is 6.65. The summed E-state index contributed by atoms with van der Waals surface area (Å²) in [5.41, 5.74) is 3.64. The average molecular weight is 417 g/mol. The lowest BCUT2D eigenvalue weighted by atomic mass is 10.00. The van der Waals surface area contributed by atoms with Crippen LogP contribution >= 0.6 is 27.5 Å². The minimum Gasteiger partial charge on any atom is -0.364 e. The SMILES string of the molecule is O=c1c(Cl)c(N2CCc3cccc(Br)c3C2)cnn1-c1ccccc1. The first-order chi connectivity index (χ1) is 12.1. The van der Waals surface area contributed by atoms with Crippen LogP contribution in [0.5, 0.6) is 0 Å². The molecule has 2 heterocycles. The van der Waals surface area contributed by atoms with Crippen molar-refractivity contribution < 1.29 is 0 Å². The number of rotatable bonds is 2. The van der Waals surface area contributed by atoms with E-state index in [1.807, 2.05) is 42.5 Å². The van der Waals surface area contributed by atoms with Gasteiger partial charge in [-0.05, 0) is 35.7 Å². The number of hydrogen-bond donors (Lipinski definition) is 0. The van der Waals surface area contributed by atoms with Crippen molar-refractivity contribution in [2.24, 2.45) is 0 Å². The van der Waals surface area contributed by atoms with Crippen molar-refractivity contribution in [1.82, 2.24) is 9.78 Å². The van der Waals surface area contributed by atoms with Gasteiger partial charge >= 0.3 is 0 Å². The molecule has 0 N–H and O–H groups in total. The normalized spacial score (nSPS) is 13.6. The molecular formula is C19H15BrClN3O. The van der Waals surface area contributed by atoms with E-state index >= 15 is 0 Å². The molecule has 1 aliphatic heterocycles. The number of nitrogens with zero attached hydrogens (tertiary/aromatic N) is 3. The highest BCUT2D eigenvalue weighted by atomic mass is 79.9. The Morgan fingerprint density at radius 3 is 2.68 bits per heavy atom. The highest BCUT2D eigenvalue weighted by molar-refractivity contribution is 9.10. The van der Waals surface area contributed by atoms with Gasteiger partial charge in [0.2, 0.25) is 0 Å². The summed E-state index contributed by atoms with van der Waals surface area (Å²) < 4.78 is 2.41. The first-order valence-electron chi connectivity index (χ1n) is 7.99. The molecule has 1 aromatic heterocycles. The number of aromatic nitrogens is 2. The third-order valence-corrected chi connectivity index (χ3v) is 5.56. The van der Waals surface area contributed by atoms with Crippen molar-refractivity contribution in [1.29, 1.82) is 0 Å². The number of para-hydroxylation sites is 1. The van der Waals surface area contributed by atoms with E-state index in [9.17, 15) is 4.79 Å². The molecule has 0 amide bonds. The van der Waals surface area contributed by atoms with Crippen LogP contribution < -0.4 is 10.5 Å². The molecule has 1 aliphatic rings. The average Bonchev–Trinajstić information content (AvgIpc) is 2.65. The first-order valence-corrected chi connectivity index (χ1v) is 9.17. The number of benzene rings is 2. The Morgan fingerprint density at radius 2 is 1.88 bits per heavy atom. The van der Waals surface area contributed by atoms with Crippen LogP contribution in [0.2, 0.25) is 5.02 Å². The van der Waals surface area contributed by atoms with Gasteiger partial charge in [0.25, 0.3) is 5.56 Å². The Kier molecular flexibility index (Phi) is 4.36. The van der Waals surface area contributed by atoms with Crippen molar-refractivity contribution in [3.05, 3.63) is 85.7 Å². The van der Waals surface area contributed by atoms with Crippen LogP contribution in [0.1, 0.15) is 11.1 Å². The Labute approximate surface area is 158 Å². The first kappa shape index (κ1) is 16.4. The lowest BCUT2D eigenvalue weighted by molar-refractivity contribution is 0.715. The molecule has 4 rings (SSSR count). The van der Waals surface area contributed by atoms with Crippen LogP contribution in [0.15, 0.2) is 64.0 Å². The van der Waals surface area contributed by atoms with Crippen LogP contribution in [0.4, 0.5) is 5.69 Å². The van der Waals surface area contributed by atoms with Gasteiger partial charge in [-0.2, -0.15) is 9.78 Å². The molecule has 0 saturated heterocycles. The predicted molar refractivity (Wildman–Crippen MR) is 104 cm³/mol. The molecule has 0 saturated carbocycles. The summed E-state index contributed by atoms with van der Waals surface area (Å²) in [7, 11) is 0. The van der Waals surface area contributed by atoms with Crippen LogP contribution in [0.3, 0.4) is 0 Å². The van der Waals surface area contributed by atoms with E-state index in [1.54, 1.807) is 6.20 Å². The lowest BCUT2D eigenvalue weighted by Crippen LogP contribution is -2.33. The second-order valence-corrected chi connectivity index (χ2v) is 7.18. The topological polar surface area (TPSA) is 38.1 Å². The fourth-order valence-corrected chi connectivity index (χ4v) is 3.92. The summed E-state index contributed by atoms with van der Waals surface area (Å²) in [5, 5.41) is 4.53. The minimum atomic E-state index is -0.303. The van der Waals surface area contributed by atoms with E-state index < -0.39 is 0 Å². The molecule has 6 heteroatoms. The minimum absolute atomic E-state index is 0.203. The smallest absolute Gasteiger partial charge is 0.292 e. The van der Waals surface area contributed by atoms with Crippen molar-refractivity contribution in [3.8, 4) is 5.69 Å². The van der Waals surface area contributed by atoms with Crippen molar-refractivity contribution in [3.63, 3.8) is 0 Å². The molecule has 0 aliphatic carbocycles. The van der Waals surface area contributed by atoms with Gasteiger partial charge in [-0.3, -0.25) is 4.79 Å². The van der Waals surface area contributed by atoms with E-state index in [4.69, 9.17) is 11.6 Å². The van der Waals surface area contributed by atoms with E-state index in [-0.39, 0.29) is 10.6 Å². The van der Waals surface area contributed by atoms with E-state index in [0.29, 0.717) is 17.9 Å². The van der Waals surface area contributed by atoms with Crippen molar-refractivity contribution in [2.45, 2.75) is 13.0 Å². The molecule has 3 aromatic rings. The summed E-state index contributed by atoms with van der Waals surface area (Å²) in [6, 6.07) is 15.5. The molecule has 0 atom stereocenters. The molecule has 0 radical (unpaired) electrons. The van der Waals surface area contributed by atoms with E-state index in [0.717, 1.165) is 17.4 Å². The highest BCUT2D eigenvalue weighted by Gasteiger charge is 2.22. The molecule has 0 unspecified atom stereocenters. The molecule has 0 spiro atoms. The van der Waals surface area contributed by atoms with Crippen molar-refractivity contribution in [2.75, 3.05) is 11.4 Å². The number of halogens is 2. The second-order valence-electron chi connectivity index (χ2n) is 5.95. The Bertz CT molecular complexity index is 988. The summed E-state index contributed by atoms with van der Waals surface area (Å²) in [6.45, 7) is 1.51. The van der Waals surface area contributed by atoms with E-state index in [1.165, 1.54) is 15.8 Å². The van der Waals surface area contributed by atoms with Crippen LogP contribution in [0, 0.1) is 0 Å². The third kappa shape index (κ3) is 2.98. The number of anilines is 1. The Hall–Kier alpha value is -2.11. The predicted octanol–water partition coefficient (Wildman–Crippen LogP) is 4.21. The van der Waals surface area contributed by atoms with Crippen LogP contribution in [-0.4, -0.2) is 16.3 Å². The maximum Gasteiger partial charge on any atom is 0.292 e. The van der Waals surface area contributed by atoms with Gasteiger partial charge < -0.3 is 4.90 Å². The summed E-state index contributed by atoms with van der Waals surface area (Å²) in [4.78, 5) is 14.8. The standard InChI is InChI=1S/C19H15BrClN3O/c20-16-8-4-5-13-9-10-23(12-15(13)16)17-11-22-24(19(25)18(17)21)14-6-2-1-3-7-14/h1-8,11H,9-10,12H2. The van der Waals surface area contributed by atoms with Crippen molar-refractivity contribution >= 4 is 33.2 Å². The fraction of sp³-hybridized carbons (Fsp3) is 0.158. The monoisotopic (exact) mass is 415 g/mol. The van der Waals surface area contributed by atoms with Crippen LogP contribution in [0.25, 0.3) is 5.69 Å². The molecule has 4 nitrogen and oxygen atoms in total. The molecule has 126 valence electrons. The van der Waals surface area contributed by atoms with Gasteiger partial charge in [0.05, 0.1) is 17.6 Å². The quantitative estimate of drug-likeness (QED) is 0.628. The summed E-state index contributed by atoms with van der Waals surface area (Å²) in [5.74, 6) is 0. The number of hydrogen-bond acceptors (Lipinski definition) is 3. The highest BCUT2D eigenvalue weighted by Crippen LogP contribution is 2.31. The maximum atomic E-state index is 12.7. The largest absolute Gasteiger partial charge is 0.364 e. The maximum absolute atomic E-state index is 12.7. The lowest BCUT2D eigenvalue weighted by Gasteiger charge is -2.31. The van der Waals surface area contributed by atoms with Gasteiger partial charge in [0.1, 0.15) is 5.02 Å². The third-order valence-electron chi connectivity index (χ3n) is 4.46. The fourth-order valence-electron chi connectivity index (χ4n) is 3.14. The van der Waals surface area contributed by atoms with Gasteiger partial charge in [-0.15, -0.1) is 0 Å². The molecule has 0 fully saturated rings. The zero-order valence-electron chi connectivity index (χ0n) is 13.3. The molecule has 2 aromatic carbocycles. The van der Waals surface area contributed by atoms with Gasteiger partial charge in [0, 0.05) is 17.6 Å². The zero-order chi connectivity index (χ0) is 17.4. The summed E-state index contributed by atoms with van der Waals surface area (Å²) in [6.07, 6.45) is 2.59.